The van der Waals surface area contributed by atoms with E-state index in [1.807, 2.05) is 25.1 Å². The van der Waals surface area contributed by atoms with Crippen molar-refractivity contribution in [1.29, 1.82) is 5.26 Å². The number of aryl methyl sites for hydroxylation is 1. The van der Waals surface area contributed by atoms with E-state index in [1.54, 1.807) is 7.11 Å². The lowest BCUT2D eigenvalue weighted by atomic mass is 10.1. The van der Waals surface area contributed by atoms with Gasteiger partial charge >= 0.3 is 0 Å². The molecular formula is C12H16N2O. The van der Waals surface area contributed by atoms with Crippen molar-refractivity contribution in [1.82, 2.24) is 0 Å². The molecule has 0 amide bonds. The predicted molar refractivity (Wildman–Crippen MR) is 60.9 cm³/mol. The third kappa shape index (κ3) is 3.61. The topological polar surface area (TPSA) is 45.0 Å². The second kappa shape index (κ2) is 6.05. The highest BCUT2D eigenvalue weighted by atomic mass is 16.5. The van der Waals surface area contributed by atoms with E-state index in [4.69, 9.17) is 10.00 Å². The van der Waals surface area contributed by atoms with Crippen LogP contribution in [0, 0.1) is 18.3 Å². The van der Waals surface area contributed by atoms with Gasteiger partial charge in [-0.1, -0.05) is 0 Å². The van der Waals surface area contributed by atoms with Crippen LogP contribution in [0.3, 0.4) is 0 Å². The molecule has 0 saturated carbocycles. The first-order valence-corrected chi connectivity index (χ1v) is 5.01. The molecule has 3 nitrogen and oxygen atoms in total. The molecule has 0 saturated heterocycles. The lowest BCUT2D eigenvalue weighted by Crippen LogP contribution is -2.05. The second-order valence-electron chi connectivity index (χ2n) is 3.41. The van der Waals surface area contributed by atoms with Crippen molar-refractivity contribution >= 4 is 5.69 Å². The fraction of sp³-hybridized carbons (Fsp3) is 0.417. The molecule has 0 aliphatic rings. The molecule has 0 fully saturated rings. The molecule has 80 valence electrons. The molecular weight excluding hydrogens is 188 g/mol. The first kappa shape index (κ1) is 11.5. The van der Waals surface area contributed by atoms with Crippen LogP contribution in [0.2, 0.25) is 0 Å². The van der Waals surface area contributed by atoms with Crippen LogP contribution in [-0.4, -0.2) is 20.3 Å². The van der Waals surface area contributed by atoms with Gasteiger partial charge in [0.25, 0.3) is 0 Å². The molecule has 1 N–H and O–H groups in total. The molecule has 1 aromatic carbocycles. The highest BCUT2D eigenvalue weighted by Crippen LogP contribution is 2.15. The maximum Gasteiger partial charge on any atom is 0.0991 e. The van der Waals surface area contributed by atoms with E-state index >= 15 is 0 Å². The summed E-state index contributed by atoms with van der Waals surface area (Å²) in [5, 5.41) is 12.0. The number of nitrogens with zero attached hydrogens (tertiary/aromatic N) is 1. The number of nitriles is 1. The third-order valence-electron chi connectivity index (χ3n) is 2.20. The number of methoxy groups -OCH3 is 1. The number of hydrogen-bond donors (Lipinski definition) is 1. The van der Waals surface area contributed by atoms with Crippen LogP contribution in [0.15, 0.2) is 18.2 Å². The van der Waals surface area contributed by atoms with Crippen LogP contribution in [-0.2, 0) is 4.74 Å². The monoisotopic (exact) mass is 204 g/mol. The molecule has 0 heterocycles. The van der Waals surface area contributed by atoms with Crippen LogP contribution in [0.5, 0.6) is 0 Å². The second-order valence-corrected chi connectivity index (χ2v) is 3.41. The summed E-state index contributed by atoms with van der Waals surface area (Å²) in [4.78, 5) is 0. The lowest BCUT2D eigenvalue weighted by molar-refractivity contribution is 0.198. The lowest BCUT2D eigenvalue weighted by Gasteiger charge is -2.09. The van der Waals surface area contributed by atoms with E-state index in [0.717, 1.165) is 30.8 Å². The first-order chi connectivity index (χ1) is 7.27. The number of ether oxygens (including phenoxy) is 1. The van der Waals surface area contributed by atoms with Gasteiger partial charge in [0.2, 0.25) is 0 Å². The van der Waals surface area contributed by atoms with Gasteiger partial charge in [-0.05, 0) is 37.1 Å². The summed E-state index contributed by atoms with van der Waals surface area (Å²) >= 11 is 0. The number of anilines is 1. The Morgan fingerprint density at radius 1 is 1.47 bits per heavy atom. The predicted octanol–water partition coefficient (Wildman–Crippen LogP) is 2.32. The minimum atomic E-state index is 0.704. The van der Waals surface area contributed by atoms with Crippen LogP contribution < -0.4 is 5.32 Å². The summed E-state index contributed by atoms with van der Waals surface area (Å²) in [6, 6.07) is 7.78. The van der Waals surface area contributed by atoms with E-state index in [0.29, 0.717) is 5.56 Å². The zero-order valence-electron chi connectivity index (χ0n) is 9.21. The Morgan fingerprint density at radius 3 is 2.87 bits per heavy atom. The van der Waals surface area contributed by atoms with Crippen LogP contribution in [0.4, 0.5) is 5.69 Å². The summed E-state index contributed by atoms with van der Waals surface area (Å²) in [7, 11) is 1.70. The quantitative estimate of drug-likeness (QED) is 0.748. The molecule has 15 heavy (non-hydrogen) atoms. The average molecular weight is 204 g/mol. The fourth-order valence-corrected chi connectivity index (χ4v) is 1.37. The standard InChI is InChI=1S/C12H16N2O/c1-10-8-11(9-13)4-5-12(10)14-6-3-7-15-2/h4-5,8,14H,3,6-7H2,1-2H3. The summed E-state index contributed by atoms with van der Waals surface area (Å²) in [5.41, 5.74) is 2.89. The van der Waals surface area contributed by atoms with Crippen LogP contribution in [0.1, 0.15) is 17.5 Å². The number of hydrogen-bond acceptors (Lipinski definition) is 3. The molecule has 1 rings (SSSR count). The molecule has 0 aliphatic heterocycles. The normalized spacial score (nSPS) is 9.67. The third-order valence-corrected chi connectivity index (χ3v) is 2.20. The average Bonchev–Trinajstić information content (AvgIpc) is 2.26. The molecule has 0 aromatic heterocycles. The van der Waals surface area contributed by atoms with Crippen molar-refractivity contribution in [3.63, 3.8) is 0 Å². The highest BCUT2D eigenvalue weighted by molar-refractivity contribution is 5.53. The Labute approximate surface area is 90.7 Å². The van der Waals surface area contributed by atoms with Gasteiger partial charge in [-0.3, -0.25) is 0 Å². The molecule has 1 aromatic rings. The molecule has 0 atom stereocenters. The van der Waals surface area contributed by atoms with Gasteiger partial charge in [0, 0.05) is 25.9 Å². The van der Waals surface area contributed by atoms with E-state index in [2.05, 4.69) is 11.4 Å². The van der Waals surface area contributed by atoms with E-state index in [-0.39, 0.29) is 0 Å². The van der Waals surface area contributed by atoms with E-state index < -0.39 is 0 Å². The summed E-state index contributed by atoms with van der Waals surface area (Å²) < 4.78 is 4.96. The van der Waals surface area contributed by atoms with Gasteiger partial charge in [-0.25, -0.2) is 0 Å². The molecule has 3 heteroatoms. The Bertz CT molecular complexity index is 355. The minimum absolute atomic E-state index is 0.704. The summed E-state index contributed by atoms with van der Waals surface area (Å²) in [5.74, 6) is 0. The summed E-state index contributed by atoms with van der Waals surface area (Å²) in [6.45, 7) is 3.66. The Kier molecular flexibility index (Phi) is 4.65. The van der Waals surface area contributed by atoms with Gasteiger partial charge in [0.15, 0.2) is 0 Å². The number of nitrogens with one attached hydrogen (secondary N) is 1. The van der Waals surface area contributed by atoms with Crippen molar-refractivity contribution in [3.8, 4) is 6.07 Å². The fourth-order valence-electron chi connectivity index (χ4n) is 1.37. The van der Waals surface area contributed by atoms with Gasteiger partial charge in [0.1, 0.15) is 0 Å². The smallest absolute Gasteiger partial charge is 0.0991 e. The first-order valence-electron chi connectivity index (χ1n) is 5.01. The van der Waals surface area contributed by atoms with Crippen molar-refractivity contribution in [2.75, 3.05) is 25.6 Å². The number of rotatable bonds is 5. The Hall–Kier alpha value is -1.53. The molecule has 0 unspecified atom stereocenters. The molecule has 0 bridgehead atoms. The highest BCUT2D eigenvalue weighted by Gasteiger charge is 1.98. The number of benzene rings is 1. The summed E-state index contributed by atoms with van der Waals surface area (Å²) in [6.07, 6.45) is 0.982. The Balaban J connectivity index is 2.52. The van der Waals surface area contributed by atoms with Crippen LogP contribution >= 0.6 is 0 Å². The van der Waals surface area contributed by atoms with E-state index in [9.17, 15) is 0 Å². The van der Waals surface area contributed by atoms with Gasteiger partial charge in [-0.15, -0.1) is 0 Å². The molecule has 0 aliphatic carbocycles. The van der Waals surface area contributed by atoms with Crippen molar-refractivity contribution in [2.24, 2.45) is 0 Å². The molecule has 0 spiro atoms. The maximum atomic E-state index is 8.71. The molecule has 0 radical (unpaired) electrons. The Morgan fingerprint density at radius 2 is 2.27 bits per heavy atom. The zero-order chi connectivity index (χ0) is 11.1. The van der Waals surface area contributed by atoms with Crippen molar-refractivity contribution in [3.05, 3.63) is 29.3 Å². The van der Waals surface area contributed by atoms with E-state index in [1.165, 1.54) is 0 Å². The maximum absolute atomic E-state index is 8.71. The zero-order valence-corrected chi connectivity index (χ0v) is 9.21. The van der Waals surface area contributed by atoms with Crippen molar-refractivity contribution < 1.29 is 4.74 Å². The van der Waals surface area contributed by atoms with Gasteiger partial charge in [-0.2, -0.15) is 5.26 Å². The van der Waals surface area contributed by atoms with Crippen LogP contribution in [0.25, 0.3) is 0 Å². The minimum Gasteiger partial charge on any atom is -0.385 e. The van der Waals surface area contributed by atoms with Gasteiger partial charge in [0.05, 0.1) is 11.6 Å². The van der Waals surface area contributed by atoms with Gasteiger partial charge < -0.3 is 10.1 Å². The SMILES string of the molecule is COCCCNc1ccc(C#N)cc1C. The largest absolute Gasteiger partial charge is 0.385 e. The van der Waals surface area contributed by atoms with Crippen molar-refractivity contribution in [2.45, 2.75) is 13.3 Å².